The summed E-state index contributed by atoms with van der Waals surface area (Å²) < 4.78 is 14.6. The third-order valence-corrected chi connectivity index (χ3v) is 3.56. The summed E-state index contributed by atoms with van der Waals surface area (Å²) in [6, 6.07) is 7.31. The fourth-order valence-electron chi connectivity index (χ4n) is 2.42. The van der Waals surface area contributed by atoms with Crippen molar-refractivity contribution in [2.24, 2.45) is 5.41 Å². The van der Waals surface area contributed by atoms with Crippen LogP contribution in [0.15, 0.2) is 24.3 Å². The fraction of sp³-hybridized carbons (Fsp3) is 0.429. The molecule has 0 saturated heterocycles. The van der Waals surface area contributed by atoms with E-state index in [2.05, 4.69) is 0 Å². The number of benzene rings is 1. The van der Waals surface area contributed by atoms with Crippen LogP contribution in [-0.4, -0.2) is 33.3 Å². The molecule has 5 nitrogen and oxygen atoms in total. The molecule has 0 radical (unpaired) electrons. The van der Waals surface area contributed by atoms with Crippen LogP contribution in [0.2, 0.25) is 0 Å². The van der Waals surface area contributed by atoms with Crippen LogP contribution in [0.5, 0.6) is 5.75 Å². The van der Waals surface area contributed by atoms with E-state index in [9.17, 15) is 9.59 Å². The number of hydrogen-bond acceptors (Lipinski definition) is 5. The summed E-state index contributed by atoms with van der Waals surface area (Å²) in [5.74, 6) is -0.630. The van der Waals surface area contributed by atoms with Crippen molar-refractivity contribution >= 4 is 11.9 Å². The van der Waals surface area contributed by atoms with Crippen molar-refractivity contribution in [2.75, 3.05) is 21.3 Å². The Morgan fingerprint density at radius 1 is 1.16 bits per heavy atom. The number of ether oxygens (including phenoxy) is 3. The minimum Gasteiger partial charge on any atom is -0.497 e. The zero-order chi connectivity index (χ0) is 14.0. The van der Waals surface area contributed by atoms with E-state index in [1.165, 1.54) is 14.2 Å². The van der Waals surface area contributed by atoms with E-state index in [0.29, 0.717) is 12.2 Å². The van der Waals surface area contributed by atoms with Crippen molar-refractivity contribution in [3.05, 3.63) is 29.8 Å². The first-order valence-electron chi connectivity index (χ1n) is 5.91. The summed E-state index contributed by atoms with van der Waals surface area (Å²) in [4.78, 5) is 23.8. The predicted molar refractivity (Wildman–Crippen MR) is 66.8 cm³/mol. The largest absolute Gasteiger partial charge is 0.497 e. The van der Waals surface area contributed by atoms with Gasteiger partial charge in [-0.25, -0.2) is 0 Å². The van der Waals surface area contributed by atoms with Crippen LogP contribution in [0.3, 0.4) is 0 Å². The number of carbonyl (C=O) groups excluding carboxylic acids is 2. The molecule has 1 unspecified atom stereocenters. The second-order valence-electron chi connectivity index (χ2n) is 4.49. The lowest BCUT2D eigenvalue weighted by molar-refractivity contribution is -0.161. The van der Waals surface area contributed by atoms with Crippen molar-refractivity contribution < 1.29 is 23.8 Å². The molecule has 0 N–H and O–H groups in total. The predicted octanol–water partition coefficient (Wildman–Crippen LogP) is 1.51. The van der Waals surface area contributed by atoms with Gasteiger partial charge in [-0.3, -0.25) is 9.59 Å². The van der Waals surface area contributed by atoms with Crippen molar-refractivity contribution in [2.45, 2.75) is 12.3 Å². The molecule has 1 aliphatic carbocycles. The Hall–Kier alpha value is -2.04. The number of esters is 2. The number of rotatable bonds is 4. The van der Waals surface area contributed by atoms with E-state index >= 15 is 0 Å². The van der Waals surface area contributed by atoms with Gasteiger partial charge >= 0.3 is 11.9 Å². The van der Waals surface area contributed by atoms with Gasteiger partial charge in [0.05, 0.1) is 21.3 Å². The molecule has 19 heavy (non-hydrogen) atoms. The maximum Gasteiger partial charge on any atom is 0.323 e. The topological polar surface area (TPSA) is 61.8 Å². The minimum absolute atomic E-state index is 0.220. The molecular weight excluding hydrogens is 248 g/mol. The summed E-state index contributed by atoms with van der Waals surface area (Å²) in [5.41, 5.74) is -0.328. The highest BCUT2D eigenvalue weighted by atomic mass is 16.5. The first-order chi connectivity index (χ1) is 9.09. The summed E-state index contributed by atoms with van der Waals surface area (Å²) in [6.07, 6.45) is 0.402. The van der Waals surface area contributed by atoms with Gasteiger partial charge in [-0.1, -0.05) is 12.1 Å². The maximum atomic E-state index is 11.9. The zero-order valence-electron chi connectivity index (χ0n) is 11.1. The molecule has 1 fully saturated rings. The van der Waals surface area contributed by atoms with E-state index in [-0.39, 0.29) is 5.92 Å². The molecule has 102 valence electrons. The van der Waals surface area contributed by atoms with Crippen molar-refractivity contribution in [3.63, 3.8) is 0 Å². The molecule has 1 saturated carbocycles. The van der Waals surface area contributed by atoms with Crippen LogP contribution in [-0.2, 0) is 19.1 Å². The fourth-order valence-corrected chi connectivity index (χ4v) is 2.42. The Morgan fingerprint density at radius 3 is 2.32 bits per heavy atom. The molecule has 1 atom stereocenters. The molecule has 0 heterocycles. The lowest BCUT2D eigenvalue weighted by Gasteiger charge is -2.12. The van der Waals surface area contributed by atoms with Crippen LogP contribution in [0.4, 0.5) is 0 Å². The van der Waals surface area contributed by atoms with Gasteiger partial charge in [0.2, 0.25) is 0 Å². The van der Waals surface area contributed by atoms with Gasteiger partial charge in [0, 0.05) is 5.92 Å². The average Bonchev–Trinajstić information content (AvgIpc) is 3.22. The van der Waals surface area contributed by atoms with E-state index in [0.717, 1.165) is 5.56 Å². The minimum atomic E-state index is -1.20. The molecule has 5 heteroatoms. The number of methoxy groups -OCH3 is 3. The van der Waals surface area contributed by atoms with Crippen LogP contribution in [0.1, 0.15) is 17.9 Å². The second kappa shape index (κ2) is 4.91. The van der Waals surface area contributed by atoms with Gasteiger partial charge in [-0.15, -0.1) is 0 Å². The molecule has 0 bridgehead atoms. The van der Waals surface area contributed by atoms with Gasteiger partial charge in [0.1, 0.15) is 5.75 Å². The van der Waals surface area contributed by atoms with E-state index in [4.69, 9.17) is 14.2 Å². The maximum absolute atomic E-state index is 11.9. The standard InChI is InChI=1S/C14H16O5/c1-17-10-6-4-5-9(7-10)11-8-14(11,12(15)18-2)13(16)19-3/h4-7,11H,8H2,1-3H3. The van der Waals surface area contributed by atoms with Crippen LogP contribution in [0, 0.1) is 5.41 Å². The summed E-state index contributed by atoms with van der Waals surface area (Å²) in [7, 11) is 4.11. The quantitative estimate of drug-likeness (QED) is 0.609. The molecule has 0 spiro atoms. The molecule has 1 aromatic rings. The van der Waals surface area contributed by atoms with Crippen molar-refractivity contribution in [1.82, 2.24) is 0 Å². The average molecular weight is 264 g/mol. The van der Waals surface area contributed by atoms with Crippen LogP contribution >= 0.6 is 0 Å². The first kappa shape index (κ1) is 13.4. The molecule has 0 aliphatic heterocycles. The third kappa shape index (κ3) is 2.05. The van der Waals surface area contributed by atoms with E-state index in [1.807, 2.05) is 24.3 Å². The van der Waals surface area contributed by atoms with Gasteiger partial charge < -0.3 is 14.2 Å². The van der Waals surface area contributed by atoms with Gasteiger partial charge in [-0.05, 0) is 24.1 Å². The Balaban J connectivity index is 2.32. The normalized spacial score (nSPS) is 19.4. The Bertz CT molecular complexity index is 492. The highest BCUT2D eigenvalue weighted by molar-refractivity contribution is 6.05. The van der Waals surface area contributed by atoms with Crippen LogP contribution < -0.4 is 4.74 Å². The smallest absolute Gasteiger partial charge is 0.323 e. The molecule has 1 aromatic carbocycles. The van der Waals surface area contributed by atoms with Gasteiger partial charge in [-0.2, -0.15) is 0 Å². The summed E-state index contributed by atoms with van der Waals surface area (Å²) in [5, 5.41) is 0. The summed E-state index contributed by atoms with van der Waals surface area (Å²) >= 11 is 0. The van der Waals surface area contributed by atoms with Crippen LogP contribution in [0.25, 0.3) is 0 Å². The zero-order valence-corrected chi connectivity index (χ0v) is 11.1. The Morgan fingerprint density at radius 2 is 1.79 bits per heavy atom. The molecular formula is C14H16O5. The Labute approximate surface area is 111 Å². The van der Waals surface area contributed by atoms with Gasteiger partial charge in [0.25, 0.3) is 0 Å². The van der Waals surface area contributed by atoms with E-state index in [1.54, 1.807) is 7.11 Å². The lowest BCUT2D eigenvalue weighted by Crippen LogP contribution is -2.30. The van der Waals surface area contributed by atoms with Crippen molar-refractivity contribution in [1.29, 1.82) is 0 Å². The third-order valence-electron chi connectivity index (χ3n) is 3.56. The SMILES string of the molecule is COC(=O)C1(C(=O)OC)CC1c1cccc(OC)c1. The second-order valence-corrected chi connectivity index (χ2v) is 4.49. The molecule has 1 aliphatic rings. The summed E-state index contributed by atoms with van der Waals surface area (Å²) in [6.45, 7) is 0. The molecule has 0 aromatic heterocycles. The molecule has 0 amide bonds. The molecule has 2 rings (SSSR count). The van der Waals surface area contributed by atoms with Crippen molar-refractivity contribution in [3.8, 4) is 5.75 Å². The van der Waals surface area contributed by atoms with E-state index < -0.39 is 17.4 Å². The Kier molecular flexibility index (Phi) is 3.46. The number of hydrogen-bond donors (Lipinski definition) is 0. The van der Waals surface area contributed by atoms with Gasteiger partial charge in [0.15, 0.2) is 5.41 Å². The first-order valence-corrected chi connectivity index (χ1v) is 5.91. The highest BCUT2D eigenvalue weighted by Crippen LogP contribution is 2.61. The monoisotopic (exact) mass is 264 g/mol. The highest BCUT2D eigenvalue weighted by Gasteiger charge is 2.68. The lowest BCUT2D eigenvalue weighted by atomic mass is 9.99. The number of carbonyl (C=O) groups is 2.